The lowest BCUT2D eigenvalue weighted by atomic mass is 9.99. The van der Waals surface area contributed by atoms with Crippen molar-refractivity contribution in [2.75, 3.05) is 18.0 Å². The van der Waals surface area contributed by atoms with E-state index in [0.29, 0.717) is 37.2 Å². The summed E-state index contributed by atoms with van der Waals surface area (Å²) in [5.74, 6) is -0.417. The van der Waals surface area contributed by atoms with Gasteiger partial charge < -0.3 is 16.4 Å². The molecule has 1 amide bonds. The summed E-state index contributed by atoms with van der Waals surface area (Å²) in [5.41, 5.74) is 14.2. The Kier molecular flexibility index (Phi) is 7.32. The summed E-state index contributed by atoms with van der Waals surface area (Å²) in [5, 5.41) is 0. The van der Waals surface area contributed by atoms with Crippen LogP contribution in [0, 0.1) is 5.82 Å². The highest BCUT2D eigenvalue weighted by Crippen LogP contribution is 2.30. The average molecular weight is 458 g/mol. The molecule has 3 aromatic rings. The Morgan fingerprint density at radius 2 is 1.59 bits per heavy atom. The summed E-state index contributed by atoms with van der Waals surface area (Å²) in [7, 11) is 0. The first-order valence-corrected chi connectivity index (χ1v) is 11.4. The number of nitrogens with zero attached hydrogens (tertiary/aromatic N) is 3. The van der Waals surface area contributed by atoms with Gasteiger partial charge in [-0.1, -0.05) is 60.7 Å². The zero-order chi connectivity index (χ0) is 23.9. The zero-order valence-electron chi connectivity index (χ0n) is 18.9. The van der Waals surface area contributed by atoms with Crippen molar-refractivity contribution in [3.8, 4) is 0 Å². The van der Waals surface area contributed by atoms with Crippen LogP contribution in [0.4, 0.5) is 10.1 Å². The molecule has 0 spiro atoms. The smallest absolute Gasteiger partial charge is 0.252 e. The molecule has 0 saturated carbocycles. The molecule has 0 bridgehead atoms. The number of carbonyl (C=O) groups is 1. The van der Waals surface area contributed by atoms with Crippen molar-refractivity contribution in [3.63, 3.8) is 0 Å². The van der Waals surface area contributed by atoms with Gasteiger partial charge in [-0.05, 0) is 36.6 Å². The van der Waals surface area contributed by atoms with Crippen LogP contribution >= 0.6 is 0 Å². The predicted molar refractivity (Wildman–Crippen MR) is 135 cm³/mol. The number of anilines is 1. The quantitative estimate of drug-likeness (QED) is 0.307. The molecule has 0 saturated heterocycles. The summed E-state index contributed by atoms with van der Waals surface area (Å²) in [4.78, 5) is 24.5. The fraction of sp³-hybridized carbons (Fsp3) is 0.222. The van der Waals surface area contributed by atoms with Crippen LogP contribution in [0.15, 0.2) is 88.8 Å². The molecular weight excluding hydrogens is 429 g/mol. The van der Waals surface area contributed by atoms with Crippen LogP contribution in [0.3, 0.4) is 0 Å². The Morgan fingerprint density at radius 3 is 2.32 bits per heavy atom. The molecule has 1 unspecified atom stereocenters. The van der Waals surface area contributed by atoms with Crippen LogP contribution in [-0.4, -0.2) is 36.7 Å². The lowest BCUT2D eigenvalue weighted by molar-refractivity contribution is -0.119. The molecule has 1 heterocycles. The van der Waals surface area contributed by atoms with Crippen molar-refractivity contribution >= 4 is 23.3 Å². The number of unbranched alkanes of at least 4 members (excludes halogenated alkanes) is 1. The summed E-state index contributed by atoms with van der Waals surface area (Å²) in [6, 6.07) is 23.2. The number of guanidine groups is 1. The molecule has 0 radical (unpaired) electrons. The molecule has 1 aliphatic rings. The molecule has 0 aromatic heterocycles. The summed E-state index contributed by atoms with van der Waals surface area (Å²) < 4.78 is 14.9. The van der Waals surface area contributed by atoms with Crippen LogP contribution in [-0.2, 0) is 11.2 Å². The third kappa shape index (κ3) is 5.31. The maximum absolute atomic E-state index is 14.9. The molecule has 1 aliphatic heterocycles. The van der Waals surface area contributed by atoms with E-state index in [0.717, 1.165) is 23.2 Å². The lowest BCUT2D eigenvalue weighted by Crippen LogP contribution is -2.39. The van der Waals surface area contributed by atoms with Crippen molar-refractivity contribution in [1.29, 1.82) is 0 Å². The van der Waals surface area contributed by atoms with E-state index in [1.807, 2.05) is 54.6 Å². The lowest BCUT2D eigenvalue weighted by Gasteiger charge is -2.25. The topological polar surface area (TPSA) is 97.1 Å². The minimum Gasteiger partial charge on any atom is -0.370 e. The van der Waals surface area contributed by atoms with Crippen LogP contribution < -0.4 is 16.4 Å². The van der Waals surface area contributed by atoms with Crippen molar-refractivity contribution in [2.45, 2.75) is 25.3 Å². The Bertz CT molecular complexity index is 1200. The molecule has 174 valence electrons. The molecule has 7 heteroatoms. The van der Waals surface area contributed by atoms with Crippen molar-refractivity contribution in [3.05, 3.63) is 101 Å². The molecule has 1 atom stereocenters. The summed E-state index contributed by atoms with van der Waals surface area (Å²) in [6.07, 6.45) is 1.87. The van der Waals surface area contributed by atoms with E-state index in [1.165, 1.54) is 6.07 Å². The molecule has 4 rings (SSSR count). The first-order chi connectivity index (χ1) is 16.5. The van der Waals surface area contributed by atoms with Gasteiger partial charge >= 0.3 is 0 Å². The Morgan fingerprint density at radius 1 is 0.912 bits per heavy atom. The minimum atomic E-state index is -0.679. The van der Waals surface area contributed by atoms with Gasteiger partial charge in [-0.3, -0.25) is 14.8 Å². The molecular formula is C27H28FN5O. The van der Waals surface area contributed by atoms with Crippen LogP contribution in [0.2, 0.25) is 0 Å². The highest BCUT2D eigenvalue weighted by atomic mass is 19.1. The standard InChI is InChI=1S/C27H28FN5O/c28-22-14-6-4-12-20(22)25-21-13-5-7-15-24(21)33(17-9-8-16-31-27(29)30)26(34)23(32-25)18-19-10-2-1-3-11-19/h1-7,10-15,23H,8-9,16-18H2,(H4,29,30,31). The molecule has 34 heavy (non-hydrogen) atoms. The van der Waals surface area contributed by atoms with Gasteiger partial charge in [0.15, 0.2) is 5.96 Å². The number of para-hydroxylation sites is 1. The monoisotopic (exact) mass is 457 g/mol. The number of rotatable bonds is 8. The minimum absolute atomic E-state index is 0.0575. The molecule has 0 fully saturated rings. The predicted octanol–water partition coefficient (Wildman–Crippen LogP) is 3.67. The van der Waals surface area contributed by atoms with E-state index in [4.69, 9.17) is 16.5 Å². The van der Waals surface area contributed by atoms with E-state index >= 15 is 0 Å². The van der Waals surface area contributed by atoms with Crippen molar-refractivity contribution in [1.82, 2.24) is 0 Å². The van der Waals surface area contributed by atoms with E-state index in [9.17, 15) is 9.18 Å². The van der Waals surface area contributed by atoms with Crippen LogP contribution in [0.25, 0.3) is 0 Å². The molecule has 3 aromatic carbocycles. The Labute approximate surface area is 198 Å². The fourth-order valence-electron chi connectivity index (χ4n) is 4.15. The van der Waals surface area contributed by atoms with Gasteiger partial charge in [0.2, 0.25) is 0 Å². The van der Waals surface area contributed by atoms with Gasteiger partial charge in [-0.15, -0.1) is 0 Å². The van der Waals surface area contributed by atoms with E-state index < -0.39 is 6.04 Å². The van der Waals surface area contributed by atoms with Gasteiger partial charge in [-0.2, -0.15) is 0 Å². The number of aliphatic imine (C=N–C) groups is 2. The number of hydrogen-bond acceptors (Lipinski definition) is 3. The second kappa shape index (κ2) is 10.7. The highest BCUT2D eigenvalue weighted by Gasteiger charge is 2.32. The summed E-state index contributed by atoms with van der Waals surface area (Å²) in [6.45, 7) is 0.984. The molecule has 0 aliphatic carbocycles. The maximum atomic E-state index is 14.9. The average Bonchev–Trinajstić information content (AvgIpc) is 2.95. The fourth-order valence-corrected chi connectivity index (χ4v) is 4.15. The number of hydrogen-bond donors (Lipinski definition) is 2. The van der Waals surface area contributed by atoms with Crippen molar-refractivity contribution in [2.24, 2.45) is 21.5 Å². The first-order valence-electron chi connectivity index (χ1n) is 11.4. The zero-order valence-corrected chi connectivity index (χ0v) is 18.9. The second-order valence-electron chi connectivity index (χ2n) is 8.18. The SMILES string of the molecule is NC(N)=NCCCCN1C(=O)C(Cc2ccccc2)N=C(c2ccccc2F)c2ccccc21. The van der Waals surface area contributed by atoms with Crippen LogP contribution in [0.5, 0.6) is 0 Å². The van der Waals surface area contributed by atoms with Crippen molar-refractivity contribution < 1.29 is 9.18 Å². The number of carbonyl (C=O) groups excluding carboxylic acids is 1. The van der Waals surface area contributed by atoms with Gasteiger partial charge in [0.1, 0.15) is 11.9 Å². The number of nitrogens with two attached hydrogens (primary N) is 2. The third-order valence-corrected chi connectivity index (χ3v) is 5.77. The number of fused-ring (bicyclic) bond motifs is 1. The number of amides is 1. The van der Waals surface area contributed by atoms with E-state index in [2.05, 4.69) is 4.99 Å². The van der Waals surface area contributed by atoms with Crippen LogP contribution in [0.1, 0.15) is 29.5 Å². The molecule has 6 nitrogen and oxygen atoms in total. The van der Waals surface area contributed by atoms with Gasteiger partial charge in [0.05, 0.1) is 11.4 Å². The van der Waals surface area contributed by atoms with E-state index in [-0.39, 0.29) is 17.7 Å². The Balaban J connectivity index is 1.74. The number of benzodiazepines with no additional fused rings is 1. The normalized spacial score (nSPS) is 15.3. The number of halogens is 1. The van der Waals surface area contributed by atoms with Gasteiger partial charge in [0, 0.05) is 30.6 Å². The summed E-state index contributed by atoms with van der Waals surface area (Å²) >= 11 is 0. The molecule has 4 N–H and O–H groups in total. The second-order valence-corrected chi connectivity index (χ2v) is 8.18. The highest BCUT2D eigenvalue weighted by molar-refractivity contribution is 6.20. The van der Waals surface area contributed by atoms with Gasteiger partial charge in [0.25, 0.3) is 5.91 Å². The van der Waals surface area contributed by atoms with E-state index in [1.54, 1.807) is 23.1 Å². The largest absolute Gasteiger partial charge is 0.370 e. The third-order valence-electron chi connectivity index (χ3n) is 5.77. The first kappa shape index (κ1) is 23.2. The number of benzene rings is 3. The van der Waals surface area contributed by atoms with Gasteiger partial charge in [-0.25, -0.2) is 4.39 Å². The maximum Gasteiger partial charge on any atom is 0.252 e. The Hall–Kier alpha value is -4.00.